The Kier molecular flexibility index (Phi) is 6.10. The van der Waals surface area contributed by atoms with E-state index in [0.717, 1.165) is 0 Å². The van der Waals surface area contributed by atoms with E-state index < -0.39 is 24.3 Å². The van der Waals surface area contributed by atoms with Crippen molar-refractivity contribution in [3.63, 3.8) is 0 Å². The van der Waals surface area contributed by atoms with Gasteiger partial charge in [0, 0.05) is 4.47 Å². The molecule has 0 radical (unpaired) electrons. The maximum Gasteiger partial charge on any atom is 0.402 e. The normalized spacial score (nSPS) is 14.5. The molecule has 1 aromatic rings. The van der Waals surface area contributed by atoms with Crippen LogP contribution in [0.3, 0.4) is 0 Å². The molecule has 1 unspecified atom stereocenters. The molecular weight excluding hydrogens is 364 g/mol. The van der Waals surface area contributed by atoms with Crippen LogP contribution in [0.2, 0.25) is 0 Å². The third kappa shape index (κ3) is 5.18. The van der Waals surface area contributed by atoms with Gasteiger partial charge in [0.05, 0.1) is 6.04 Å². The Balaban J connectivity index is 3.23. The largest absolute Gasteiger partial charge is 0.402 e. The van der Waals surface area contributed by atoms with E-state index in [4.69, 9.17) is 0 Å². The monoisotopic (exact) mass is 377 g/mol. The third-order valence-electron chi connectivity index (χ3n) is 2.88. The zero-order valence-corrected chi connectivity index (χ0v) is 12.6. The fraction of sp³-hybridized carbons (Fsp3) is 0.538. The van der Waals surface area contributed by atoms with E-state index in [1.807, 2.05) is 0 Å². The van der Waals surface area contributed by atoms with Crippen LogP contribution in [-0.2, 0) is 0 Å². The highest BCUT2D eigenvalue weighted by atomic mass is 79.9. The first-order chi connectivity index (χ1) is 9.57. The smallest absolute Gasteiger partial charge is 0.309 e. The van der Waals surface area contributed by atoms with Crippen LogP contribution in [0, 0.1) is 5.92 Å². The Hall–Kier alpha value is -0.760. The topological polar surface area (TPSA) is 12.0 Å². The number of alkyl halides is 6. The second kappa shape index (κ2) is 7.00. The Morgan fingerprint density at radius 2 is 1.48 bits per heavy atom. The zero-order chi connectivity index (χ0) is 16.3. The van der Waals surface area contributed by atoms with Gasteiger partial charge < -0.3 is 5.32 Å². The molecule has 21 heavy (non-hydrogen) atoms. The van der Waals surface area contributed by atoms with Crippen molar-refractivity contribution in [2.45, 2.75) is 31.7 Å². The van der Waals surface area contributed by atoms with E-state index in [1.165, 1.54) is 24.3 Å². The van der Waals surface area contributed by atoms with E-state index in [-0.39, 0.29) is 12.1 Å². The lowest BCUT2D eigenvalue weighted by Crippen LogP contribution is -2.46. The number of halogens is 7. The van der Waals surface area contributed by atoms with Gasteiger partial charge >= 0.3 is 12.4 Å². The van der Waals surface area contributed by atoms with E-state index in [1.54, 1.807) is 6.92 Å². The molecule has 120 valence electrons. The number of hydrogen-bond donors (Lipinski definition) is 1. The molecule has 1 aromatic carbocycles. The SMILES string of the molecule is CCCNC(c1ccc(Br)cc1)C(C(F)(F)F)C(F)(F)F. The molecule has 0 spiro atoms. The molecule has 0 fully saturated rings. The molecule has 0 amide bonds. The van der Waals surface area contributed by atoms with Gasteiger partial charge in [0.25, 0.3) is 0 Å². The molecule has 1 rings (SSSR count). The summed E-state index contributed by atoms with van der Waals surface area (Å²) in [5, 5.41) is 2.36. The summed E-state index contributed by atoms with van der Waals surface area (Å²) in [6, 6.07) is 3.47. The Labute approximate surface area is 126 Å². The summed E-state index contributed by atoms with van der Waals surface area (Å²) in [5.74, 6) is -3.45. The predicted octanol–water partition coefficient (Wildman–Crippen LogP) is 5.23. The van der Waals surface area contributed by atoms with Gasteiger partial charge in [0.2, 0.25) is 0 Å². The van der Waals surface area contributed by atoms with Gasteiger partial charge in [-0.3, -0.25) is 0 Å². The zero-order valence-electron chi connectivity index (χ0n) is 11.0. The van der Waals surface area contributed by atoms with Crippen LogP contribution in [0.4, 0.5) is 26.3 Å². The minimum Gasteiger partial charge on any atom is -0.309 e. The van der Waals surface area contributed by atoms with Crippen molar-refractivity contribution in [2.75, 3.05) is 6.54 Å². The average Bonchev–Trinajstić information content (AvgIpc) is 2.32. The predicted molar refractivity (Wildman–Crippen MR) is 70.8 cm³/mol. The quantitative estimate of drug-likeness (QED) is 0.692. The van der Waals surface area contributed by atoms with Crippen molar-refractivity contribution in [3.05, 3.63) is 34.3 Å². The van der Waals surface area contributed by atoms with Gasteiger partial charge in [-0.2, -0.15) is 26.3 Å². The van der Waals surface area contributed by atoms with Gasteiger partial charge in [0.15, 0.2) is 5.92 Å². The summed E-state index contributed by atoms with van der Waals surface area (Å²) < 4.78 is 77.9. The fourth-order valence-corrected chi connectivity index (χ4v) is 2.23. The number of nitrogens with one attached hydrogen (secondary N) is 1. The lowest BCUT2D eigenvalue weighted by atomic mass is 9.91. The first kappa shape index (κ1) is 18.3. The molecule has 0 saturated heterocycles. The van der Waals surface area contributed by atoms with Crippen LogP contribution in [0.1, 0.15) is 24.9 Å². The van der Waals surface area contributed by atoms with E-state index >= 15 is 0 Å². The standard InChI is InChI=1S/C13H14BrF6N/c1-2-7-21-10(8-3-5-9(14)6-4-8)11(12(15,16)17)13(18,19)20/h3-6,10-11,21H,2,7H2,1H3. The molecule has 0 aromatic heterocycles. The maximum absolute atomic E-state index is 12.9. The minimum atomic E-state index is -5.38. The van der Waals surface area contributed by atoms with Crippen molar-refractivity contribution in [3.8, 4) is 0 Å². The highest BCUT2D eigenvalue weighted by molar-refractivity contribution is 9.10. The summed E-state index contributed by atoms with van der Waals surface area (Å²) in [6.07, 6.45) is -10.3. The van der Waals surface area contributed by atoms with Crippen molar-refractivity contribution in [1.29, 1.82) is 0 Å². The summed E-state index contributed by atoms with van der Waals surface area (Å²) >= 11 is 3.10. The van der Waals surface area contributed by atoms with Gasteiger partial charge in [-0.05, 0) is 30.7 Å². The minimum absolute atomic E-state index is 0.0497. The molecule has 0 heterocycles. The Bertz CT molecular complexity index is 425. The van der Waals surface area contributed by atoms with Crippen LogP contribution < -0.4 is 5.32 Å². The van der Waals surface area contributed by atoms with E-state index in [2.05, 4.69) is 21.2 Å². The first-order valence-electron chi connectivity index (χ1n) is 6.19. The molecule has 1 nitrogen and oxygen atoms in total. The molecule has 1 atom stereocenters. The van der Waals surface area contributed by atoms with Gasteiger partial charge in [-0.1, -0.05) is 35.0 Å². The van der Waals surface area contributed by atoms with Crippen molar-refractivity contribution in [1.82, 2.24) is 5.32 Å². The number of benzene rings is 1. The molecule has 8 heteroatoms. The second-order valence-electron chi connectivity index (χ2n) is 4.54. The molecule has 0 aliphatic rings. The summed E-state index contributed by atoms with van der Waals surface area (Å²) in [5.41, 5.74) is -0.0497. The number of rotatable bonds is 5. The summed E-state index contributed by atoms with van der Waals surface area (Å²) in [6.45, 7) is 1.73. The summed E-state index contributed by atoms with van der Waals surface area (Å²) in [7, 11) is 0. The van der Waals surface area contributed by atoms with Crippen LogP contribution in [-0.4, -0.2) is 18.9 Å². The van der Waals surface area contributed by atoms with Crippen LogP contribution in [0.25, 0.3) is 0 Å². The van der Waals surface area contributed by atoms with Gasteiger partial charge in [0.1, 0.15) is 0 Å². The van der Waals surface area contributed by atoms with Crippen molar-refractivity contribution in [2.24, 2.45) is 5.92 Å². The maximum atomic E-state index is 12.9. The molecule has 0 aliphatic carbocycles. The molecule has 0 saturated carbocycles. The third-order valence-corrected chi connectivity index (χ3v) is 3.41. The first-order valence-corrected chi connectivity index (χ1v) is 6.99. The fourth-order valence-electron chi connectivity index (χ4n) is 1.96. The van der Waals surface area contributed by atoms with Crippen molar-refractivity contribution < 1.29 is 26.3 Å². The van der Waals surface area contributed by atoms with E-state index in [0.29, 0.717) is 10.9 Å². The summed E-state index contributed by atoms with van der Waals surface area (Å²) in [4.78, 5) is 0. The molecule has 1 N–H and O–H groups in total. The van der Waals surface area contributed by atoms with Crippen LogP contribution >= 0.6 is 15.9 Å². The van der Waals surface area contributed by atoms with E-state index in [9.17, 15) is 26.3 Å². The van der Waals surface area contributed by atoms with Gasteiger partial charge in [-0.15, -0.1) is 0 Å². The number of hydrogen-bond acceptors (Lipinski definition) is 1. The van der Waals surface area contributed by atoms with Gasteiger partial charge in [-0.25, -0.2) is 0 Å². The van der Waals surface area contributed by atoms with Crippen molar-refractivity contribution >= 4 is 15.9 Å². The molecule has 0 aliphatic heterocycles. The second-order valence-corrected chi connectivity index (χ2v) is 5.46. The van der Waals surface area contributed by atoms with Crippen LogP contribution in [0.15, 0.2) is 28.7 Å². The highest BCUT2D eigenvalue weighted by Gasteiger charge is 2.60. The Morgan fingerprint density at radius 1 is 1.00 bits per heavy atom. The lowest BCUT2D eigenvalue weighted by molar-refractivity contribution is -0.292. The molecular formula is C13H14BrF6N. The lowest BCUT2D eigenvalue weighted by Gasteiger charge is -2.31. The Morgan fingerprint density at radius 3 is 1.86 bits per heavy atom. The highest BCUT2D eigenvalue weighted by Crippen LogP contribution is 2.46. The molecule has 0 bridgehead atoms. The average molecular weight is 378 g/mol. The van der Waals surface area contributed by atoms with Crippen LogP contribution in [0.5, 0.6) is 0 Å².